The molecule has 0 amide bonds. The number of aromatic nitrogens is 2. The summed E-state index contributed by atoms with van der Waals surface area (Å²) in [6, 6.07) is 9.33. The number of nitrogens with zero attached hydrogens (tertiary/aromatic N) is 1. The third kappa shape index (κ3) is 2.13. The van der Waals surface area contributed by atoms with E-state index in [2.05, 4.69) is 9.97 Å². The van der Waals surface area contributed by atoms with E-state index in [-0.39, 0.29) is 5.69 Å². The van der Waals surface area contributed by atoms with Crippen molar-refractivity contribution in [1.29, 1.82) is 0 Å². The third-order valence-corrected chi connectivity index (χ3v) is 2.95. The van der Waals surface area contributed by atoms with Gasteiger partial charge in [-0.1, -0.05) is 18.2 Å². The fourth-order valence-electron chi connectivity index (χ4n) is 1.99. The van der Waals surface area contributed by atoms with Gasteiger partial charge in [0.05, 0.1) is 11.3 Å². The van der Waals surface area contributed by atoms with Gasteiger partial charge in [-0.05, 0) is 18.2 Å². The summed E-state index contributed by atoms with van der Waals surface area (Å²) in [5.41, 5.74) is -0.120. The van der Waals surface area contributed by atoms with E-state index in [1.54, 1.807) is 18.2 Å². The van der Waals surface area contributed by atoms with Crippen molar-refractivity contribution in [2.45, 2.75) is 6.18 Å². The third-order valence-electron chi connectivity index (χ3n) is 2.95. The predicted octanol–water partition coefficient (Wildman–Crippen LogP) is 4.39. The number of fused-ring (bicyclic) bond motifs is 1. The van der Waals surface area contributed by atoms with E-state index in [0.29, 0.717) is 18.0 Å². The second kappa shape index (κ2) is 4.33. The molecule has 0 fully saturated rings. The number of H-pyrrole nitrogens is 1. The normalized spacial score (nSPS) is 12.0. The highest BCUT2D eigenvalue weighted by Gasteiger charge is 2.32. The van der Waals surface area contributed by atoms with Crippen molar-refractivity contribution >= 4 is 10.9 Å². The zero-order chi connectivity index (χ0) is 14.3. The van der Waals surface area contributed by atoms with E-state index >= 15 is 0 Å². The zero-order valence-electron chi connectivity index (χ0n) is 10.0. The lowest BCUT2D eigenvalue weighted by molar-refractivity contribution is -0.138. The summed E-state index contributed by atoms with van der Waals surface area (Å²) < 4.78 is 51.2. The fraction of sp³-hybridized carbons (Fsp3) is 0.0714. The Kier molecular flexibility index (Phi) is 2.74. The molecule has 6 heteroatoms. The van der Waals surface area contributed by atoms with Crippen LogP contribution < -0.4 is 0 Å². The molecule has 1 N–H and O–H groups in total. The van der Waals surface area contributed by atoms with Crippen molar-refractivity contribution in [2.24, 2.45) is 0 Å². The average molecular weight is 280 g/mol. The Morgan fingerprint density at radius 3 is 2.45 bits per heavy atom. The van der Waals surface area contributed by atoms with E-state index in [4.69, 9.17) is 0 Å². The summed E-state index contributed by atoms with van der Waals surface area (Å²) in [4.78, 5) is 6.51. The van der Waals surface area contributed by atoms with Crippen molar-refractivity contribution in [3.05, 3.63) is 54.0 Å². The number of hydrogen-bond donors (Lipinski definition) is 1. The van der Waals surface area contributed by atoms with Crippen LogP contribution in [-0.4, -0.2) is 9.97 Å². The minimum atomic E-state index is -4.60. The maximum atomic E-state index is 13.8. The molecule has 2 aromatic heterocycles. The molecule has 0 aliphatic carbocycles. The quantitative estimate of drug-likeness (QED) is 0.658. The fourth-order valence-corrected chi connectivity index (χ4v) is 1.99. The topological polar surface area (TPSA) is 28.7 Å². The maximum absolute atomic E-state index is 13.8. The molecule has 102 valence electrons. The van der Waals surface area contributed by atoms with Gasteiger partial charge in [0.25, 0.3) is 0 Å². The Labute approximate surface area is 111 Å². The summed E-state index contributed by atoms with van der Waals surface area (Å²) in [6.07, 6.45) is -3.98. The van der Waals surface area contributed by atoms with Crippen LogP contribution in [0.2, 0.25) is 0 Å². The second-order valence-electron chi connectivity index (χ2n) is 4.32. The molecule has 0 atom stereocenters. The number of halogens is 4. The highest BCUT2D eigenvalue weighted by molar-refractivity contribution is 5.85. The van der Waals surface area contributed by atoms with Gasteiger partial charge < -0.3 is 4.98 Å². The van der Waals surface area contributed by atoms with E-state index in [1.165, 1.54) is 0 Å². The van der Waals surface area contributed by atoms with Gasteiger partial charge in [-0.2, -0.15) is 13.2 Å². The monoisotopic (exact) mass is 280 g/mol. The molecule has 3 aromatic rings. The molecule has 0 radical (unpaired) electrons. The standard InChI is InChI=1S/C14H8F4N2/c15-10-6-9(14(16,17)18)7-19-13(10)12-5-8-3-1-2-4-11(8)20-12/h1-7,20H. The first-order valence-corrected chi connectivity index (χ1v) is 5.76. The Morgan fingerprint density at radius 2 is 1.80 bits per heavy atom. The molecule has 3 rings (SSSR count). The summed E-state index contributed by atoms with van der Waals surface area (Å²) in [6.45, 7) is 0. The van der Waals surface area contributed by atoms with Crippen molar-refractivity contribution in [3.8, 4) is 11.4 Å². The molecule has 2 heterocycles. The first kappa shape index (κ1) is 12.7. The average Bonchev–Trinajstić information content (AvgIpc) is 2.80. The van der Waals surface area contributed by atoms with Crippen molar-refractivity contribution < 1.29 is 17.6 Å². The number of alkyl halides is 3. The molecule has 0 bridgehead atoms. The van der Waals surface area contributed by atoms with Crippen molar-refractivity contribution in [1.82, 2.24) is 9.97 Å². The van der Waals surface area contributed by atoms with Gasteiger partial charge in [-0.25, -0.2) is 4.39 Å². The van der Waals surface area contributed by atoms with Gasteiger partial charge in [-0.3, -0.25) is 4.98 Å². The number of aromatic amines is 1. The van der Waals surface area contributed by atoms with Gasteiger partial charge >= 0.3 is 6.18 Å². The SMILES string of the molecule is Fc1cc(C(F)(F)F)cnc1-c1cc2ccccc2[nH]1. The zero-order valence-corrected chi connectivity index (χ0v) is 10.0. The minimum Gasteiger partial charge on any atom is -0.353 e. The van der Waals surface area contributed by atoms with Crippen LogP contribution in [0.3, 0.4) is 0 Å². The first-order valence-electron chi connectivity index (χ1n) is 5.76. The van der Waals surface area contributed by atoms with Crippen molar-refractivity contribution in [3.63, 3.8) is 0 Å². The number of hydrogen-bond acceptors (Lipinski definition) is 1. The second-order valence-corrected chi connectivity index (χ2v) is 4.32. The lowest BCUT2D eigenvalue weighted by atomic mass is 10.2. The largest absolute Gasteiger partial charge is 0.417 e. The smallest absolute Gasteiger partial charge is 0.353 e. The summed E-state index contributed by atoms with van der Waals surface area (Å²) in [5, 5.41) is 0.837. The van der Waals surface area contributed by atoms with Gasteiger partial charge in [0.2, 0.25) is 0 Å². The van der Waals surface area contributed by atoms with Crippen molar-refractivity contribution in [2.75, 3.05) is 0 Å². The molecule has 0 saturated carbocycles. The lowest BCUT2D eigenvalue weighted by Crippen LogP contribution is -2.06. The van der Waals surface area contributed by atoms with Gasteiger partial charge in [-0.15, -0.1) is 0 Å². The molecular weight excluding hydrogens is 272 g/mol. The molecule has 0 aliphatic heterocycles. The molecular formula is C14H8F4N2. The van der Waals surface area contributed by atoms with E-state index in [0.717, 1.165) is 10.9 Å². The number of pyridine rings is 1. The van der Waals surface area contributed by atoms with E-state index in [9.17, 15) is 17.6 Å². The van der Waals surface area contributed by atoms with Crippen LogP contribution in [0.1, 0.15) is 5.56 Å². The van der Waals surface area contributed by atoms with Gasteiger partial charge in [0, 0.05) is 17.1 Å². The van der Waals surface area contributed by atoms with Gasteiger partial charge in [0.15, 0.2) is 5.82 Å². The Morgan fingerprint density at radius 1 is 1.05 bits per heavy atom. The first-order chi connectivity index (χ1) is 9.45. The number of nitrogens with one attached hydrogen (secondary N) is 1. The highest BCUT2D eigenvalue weighted by Crippen LogP contribution is 2.31. The van der Waals surface area contributed by atoms with Gasteiger partial charge in [0.1, 0.15) is 5.69 Å². The molecule has 0 spiro atoms. The molecule has 1 aromatic carbocycles. The van der Waals surface area contributed by atoms with Crippen LogP contribution in [0.5, 0.6) is 0 Å². The Bertz CT molecular complexity index is 741. The number of para-hydroxylation sites is 1. The maximum Gasteiger partial charge on any atom is 0.417 e. The molecule has 0 unspecified atom stereocenters. The summed E-state index contributed by atoms with van der Waals surface area (Å²) in [7, 11) is 0. The van der Waals surface area contributed by atoms with Crippen LogP contribution in [-0.2, 0) is 6.18 Å². The Hall–Kier alpha value is -2.37. The molecule has 0 saturated heterocycles. The summed E-state index contributed by atoms with van der Waals surface area (Å²) >= 11 is 0. The van der Waals surface area contributed by atoms with Crippen LogP contribution in [0.15, 0.2) is 42.6 Å². The van der Waals surface area contributed by atoms with E-state index in [1.807, 2.05) is 12.1 Å². The molecule has 0 aliphatic rings. The number of rotatable bonds is 1. The molecule has 20 heavy (non-hydrogen) atoms. The minimum absolute atomic E-state index is 0.130. The lowest BCUT2D eigenvalue weighted by Gasteiger charge is -2.07. The Balaban J connectivity index is 2.10. The highest BCUT2D eigenvalue weighted by atomic mass is 19.4. The van der Waals surface area contributed by atoms with Crippen LogP contribution in [0.25, 0.3) is 22.3 Å². The number of benzene rings is 1. The molecule has 2 nitrogen and oxygen atoms in total. The van der Waals surface area contributed by atoms with Crippen LogP contribution in [0, 0.1) is 5.82 Å². The van der Waals surface area contributed by atoms with Crippen LogP contribution in [0.4, 0.5) is 17.6 Å². The summed E-state index contributed by atoms with van der Waals surface area (Å²) in [5.74, 6) is -1.01. The van der Waals surface area contributed by atoms with Crippen LogP contribution >= 0.6 is 0 Å². The van der Waals surface area contributed by atoms with E-state index < -0.39 is 17.6 Å². The predicted molar refractivity (Wildman–Crippen MR) is 66.5 cm³/mol.